The van der Waals surface area contributed by atoms with Crippen molar-refractivity contribution in [3.8, 4) is 17.2 Å². The van der Waals surface area contributed by atoms with Crippen LogP contribution in [0, 0.1) is 0 Å². The molecule has 8 heteroatoms. The molecule has 1 amide bonds. The average molecular weight is 434 g/mol. The third-order valence-corrected chi connectivity index (χ3v) is 7.04. The van der Waals surface area contributed by atoms with Crippen LogP contribution >= 0.6 is 0 Å². The first-order chi connectivity index (χ1) is 14.4. The molecular formula is C22H27NO6S. The number of rotatable bonds is 8. The molecule has 1 aliphatic rings. The van der Waals surface area contributed by atoms with Crippen molar-refractivity contribution in [3.05, 3.63) is 53.6 Å². The van der Waals surface area contributed by atoms with Crippen molar-refractivity contribution in [3.63, 3.8) is 0 Å². The molecule has 0 N–H and O–H groups in total. The van der Waals surface area contributed by atoms with Crippen LogP contribution in [-0.2, 0) is 27.6 Å². The van der Waals surface area contributed by atoms with Crippen LogP contribution in [0.2, 0.25) is 0 Å². The van der Waals surface area contributed by atoms with Crippen molar-refractivity contribution in [1.82, 2.24) is 4.90 Å². The number of nitrogens with zero attached hydrogens (tertiary/aromatic N) is 1. The predicted molar refractivity (Wildman–Crippen MR) is 114 cm³/mol. The van der Waals surface area contributed by atoms with Crippen LogP contribution in [0.25, 0.3) is 0 Å². The van der Waals surface area contributed by atoms with Gasteiger partial charge in [-0.1, -0.05) is 36.4 Å². The van der Waals surface area contributed by atoms with Gasteiger partial charge in [0.1, 0.15) is 0 Å². The van der Waals surface area contributed by atoms with E-state index in [0.717, 1.165) is 5.56 Å². The number of methoxy groups -OCH3 is 3. The van der Waals surface area contributed by atoms with Gasteiger partial charge in [0.15, 0.2) is 21.3 Å². The van der Waals surface area contributed by atoms with Crippen LogP contribution in [0.1, 0.15) is 17.5 Å². The Bertz CT molecular complexity index is 990. The van der Waals surface area contributed by atoms with Crippen LogP contribution in [0.3, 0.4) is 0 Å². The van der Waals surface area contributed by atoms with Gasteiger partial charge in [-0.25, -0.2) is 8.42 Å². The standard InChI is InChI=1S/C22H27NO6S/c1-27-19-10-9-17(21(28-2)22(19)29-3)13-20(24)23(14-16-7-5-4-6-8-16)18-11-12-30(25,26)15-18/h4-10,18H,11-15H2,1-3H3. The highest BCUT2D eigenvalue weighted by atomic mass is 32.2. The van der Waals surface area contributed by atoms with Crippen molar-refractivity contribution < 1.29 is 27.4 Å². The number of carbonyl (C=O) groups excluding carboxylic acids is 1. The van der Waals surface area contributed by atoms with Gasteiger partial charge in [-0.15, -0.1) is 0 Å². The molecule has 0 radical (unpaired) electrons. The van der Waals surface area contributed by atoms with E-state index in [1.54, 1.807) is 17.0 Å². The molecule has 0 spiro atoms. The molecule has 1 atom stereocenters. The van der Waals surface area contributed by atoms with Crippen molar-refractivity contribution in [2.24, 2.45) is 0 Å². The topological polar surface area (TPSA) is 82.1 Å². The van der Waals surface area contributed by atoms with E-state index in [1.165, 1.54) is 21.3 Å². The zero-order valence-electron chi connectivity index (χ0n) is 17.5. The Morgan fingerprint density at radius 3 is 2.27 bits per heavy atom. The fraction of sp³-hybridized carbons (Fsp3) is 0.409. The van der Waals surface area contributed by atoms with E-state index < -0.39 is 9.84 Å². The summed E-state index contributed by atoms with van der Waals surface area (Å²) in [6, 6.07) is 12.7. The lowest BCUT2D eigenvalue weighted by molar-refractivity contribution is -0.133. The van der Waals surface area contributed by atoms with Gasteiger partial charge < -0.3 is 19.1 Å². The van der Waals surface area contributed by atoms with Gasteiger partial charge in [0.25, 0.3) is 0 Å². The Hall–Kier alpha value is -2.74. The van der Waals surface area contributed by atoms with Crippen molar-refractivity contribution in [2.75, 3.05) is 32.8 Å². The fourth-order valence-electron chi connectivity index (χ4n) is 3.79. The Kier molecular flexibility index (Phi) is 6.87. The summed E-state index contributed by atoms with van der Waals surface area (Å²) in [5.41, 5.74) is 1.61. The minimum atomic E-state index is -3.13. The molecule has 1 saturated heterocycles. The molecule has 3 rings (SSSR count). The Morgan fingerprint density at radius 2 is 1.70 bits per heavy atom. The molecular weight excluding hydrogens is 406 g/mol. The second-order valence-electron chi connectivity index (χ2n) is 7.23. The number of carbonyl (C=O) groups is 1. The molecule has 0 aromatic heterocycles. The van der Waals surface area contributed by atoms with E-state index in [0.29, 0.717) is 35.8 Å². The summed E-state index contributed by atoms with van der Waals surface area (Å²) in [5.74, 6) is 1.30. The molecule has 1 unspecified atom stereocenters. The van der Waals surface area contributed by atoms with Crippen molar-refractivity contribution in [2.45, 2.75) is 25.4 Å². The van der Waals surface area contributed by atoms with Gasteiger partial charge in [-0.2, -0.15) is 0 Å². The molecule has 0 saturated carbocycles. The van der Waals surface area contributed by atoms with Gasteiger partial charge in [0.05, 0.1) is 39.3 Å². The van der Waals surface area contributed by atoms with E-state index >= 15 is 0 Å². The van der Waals surface area contributed by atoms with Gasteiger partial charge in [0.2, 0.25) is 11.7 Å². The quantitative estimate of drug-likeness (QED) is 0.636. The van der Waals surface area contributed by atoms with E-state index in [1.807, 2.05) is 30.3 Å². The molecule has 1 aliphatic heterocycles. The first-order valence-corrected chi connectivity index (χ1v) is 11.5. The van der Waals surface area contributed by atoms with Crippen LogP contribution in [0.4, 0.5) is 0 Å². The van der Waals surface area contributed by atoms with Crippen LogP contribution < -0.4 is 14.2 Å². The number of sulfone groups is 1. The Labute approximate surface area is 177 Å². The first kappa shape index (κ1) is 22.0. The van der Waals surface area contributed by atoms with Crippen LogP contribution in [0.5, 0.6) is 17.2 Å². The van der Waals surface area contributed by atoms with Crippen LogP contribution in [0.15, 0.2) is 42.5 Å². The highest BCUT2D eigenvalue weighted by Crippen LogP contribution is 2.40. The largest absolute Gasteiger partial charge is 0.493 e. The lowest BCUT2D eigenvalue weighted by Gasteiger charge is -2.29. The lowest BCUT2D eigenvalue weighted by Crippen LogP contribution is -2.41. The number of ether oxygens (including phenoxy) is 3. The predicted octanol–water partition coefficient (Wildman–Crippen LogP) is 2.47. The first-order valence-electron chi connectivity index (χ1n) is 9.70. The summed E-state index contributed by atoms with van der Waals surface area (Å²) in [6.45, 7) is 0.357. The van der Waals surface area contributed by atoms with Gasteiger partial charge >= 0.3 is 0 Å². The smallest absolute Gasteiger partial charge is 0.227 e. The summed E-state index contributed by atoms with van der Waals surface area (Å²) < 4.78 is 40.3. The molecule has 30 heavy (non-hydrogen) atoms. The summed E-state index contributed by atoms with van der Waals surface area (Å²) in [4.78, 5) is 15.0. The molecule has 0 bridgehead atoms. The molecule has 1 fully saturated rings. The van der Waals surface area contributed by atoms with Crippen LogP contribution in [-0.4, -0.2) is 58.1 Å². The van der Waals surface area contributed by atoms with Gasteiger partial charge in [-0.3, -0.25) is 4.79 Å². The Morgan fingerprint density at radius 1 is 1.00 bits per heavy atom. The number of hydrogen-bond donors (Lipinski definition) is 0. The van der Waals surface area contributed by atoms with Gasteiger partial charge in [-0.05, 0) is 18.1 Å². The van der Waals surface area contributed by atoms with E-state index in [2.05, 4.69) is 0 Å². The minimum absolute atomic E-state index is 0.00532. The number of benzene rings is 2. The van der Waals surface area contributed by atoms with Crippen molar-refractivity contribution >= 4 is 15.7 Å². The molecule has 0 aliphatic carbocycles. The third-order valence-electron chi connectivity index (χ3n) is 5.29. The molecule has 2 aromatic rings. The third kappa shape index (κ3) is 4.87. The summed E-state index contributed by atoms with van der Waals surface area (Å²) in [5, 5.41) is 0. The highest BCUT2D eigenvalue weighted by Gasteiger charge is 2.35. The number of amides is 1. The lowest BCUT2D eigenvalue weighted by atomic mass is 10.1. The van der Waals surface area contributed by atoms with E-state index in [4.69, 9.17) is 14.2 Å². The molecule has 1 heterocycles. The summed E-state index contributed by atoms with van der Waals surface area (Å²) >= 11 is 0. The summed E-state index contributed by atoms with van der Waals surface area (Å²) in [7, 11) is 1.43. The second kappa shape index (κ2) is 9.38. The molecule has 7 nitrogen and oxygen atoms in total. The Balaban J connectivity index is 1.90. The molecule has 2 aromatic carbocycles. The zero-order chi connectivity index (χ0) is 21.7. The minimum Gasteiger partial charge on any atom is -0.493 e. The molecule has 162 valence electrons. The maximum Gasteiger partial charge on any atom is 0.227 e. The maximum atomic E-state index is 13.3. The fourth-order valence-corrected chi connectivity index (χ4v) is 5.52. The van der Waals surface area contributed by atoms with Gasteiger partial charge in [0, 0.05) is 18.2 Å². The van der Waals surface area contributed by atoms with E-state index in [9.17, 15) is 13.2 Å². The SMILES string of the molecule is COc1ccc(CC(=O)N(Cc2ccccc2)C2CCS(=O)(=O)C2)c(OC)c1OC. The van der Waals surface area contributed by atoms with E-state index in [-0.39, 0.29) is 29.9 Å². The monoisotopic (exact) mass is 433 g/mol. The maximum absolute atomic E-state index is 13.3. The summed E-state index contributed by atoms with van der Waals surface area (Å²) in [6.07, 6.45) is 0.511. The normalized spacial score (nSPS) is 17.4. The highest BCUT2D eigenvalue weighted by molar-refractivity contribution is 7.91. The zero-order valence-corrected chi connectivity index (χ0v) is 18.3. The van der Waals surface area contributed by atoms with Crippen molar-refractivity contribution in [1.29, 1.82) is 0 Å². The second-order valence-corrected chi connectivity index (χ2v) is 9.46. The number of hydrogen-bond acceptors (Lipinski definition) is 6. The average Bonchev–Trinajstić information content (AvgIpc) is 3.11.